The average molecular weight is 400 g/mol. The van der Waals surface area contributed by atoms with Crippen molar-refractivity contribution >= 4 is 5.57 Å². The molecule has 2 aromatic carbocycles. The number of alkyl halides is 2. The number of allylic oxidation sites excluding steroid dienone is 4. The summed E-state index contributed by atoms with van der Waals surface area (Å²) in [5.41, 5.74) is 3.42. The van der Waals surface area contributed by atoms with Crippen molar-refractivity contribution in [3.05, 3.63) is 77.1 Å². The minimum Gasteiger partial charge on any atom is -0.352 e. The Morgan fingerprint density at radius 3 is 2.10 bits per heavy atom. The summed E-state index contributed by atoms with van der Waals surface area (Å²) in [6.45, 7) is 4.25. The molecular formula is C24H23F3O2. The zero-order valence-corrected chi connectivity index (χ0v) is 16.4. The van der Waals surface area contributed by atoms with Crippen LogP contribution in [0.2, 0.25) is 0 Å². The first kappa shape index (κ1) is 19.9. The van der Waals surface area contributed by atoms with E-state index in [4.69, 9.17) is 9.47 Å². The van der Waals surface area contributed by atoms with E-state index >= 15 is 0 Å². The van der Waals surface area contributed by atoms with Gasteiger partial charge in [0.2, 0.25) is 0 Å². The summed E-state index contributed by atoms with van der Waals surface area (Å²) in [6, 6.07) is 12.2. The summed E-state index contributed by atoms with van der Waals surface area (Å²) >= 11 is 0. The Hall–Kier alpha value is -2.37. The molecule has 0 amide bonds. The Bertz CT molecular complexity index is 941. The summed E-state index contributed by atoms with van der Waals surface area (Å²) in [4.78, 5) is 0. The SMILES string of the molecule is CC1=CC=C(c2ccc(-c3ccc(C4COC(C)OC4)c(F)c3)cc2)C(F)C1F. The van der Waals surface area contributed by atoms with E-state index in [1.807, 2.05) is 13.0 Å². The maximum Gasteiger partial charge on any atom is 0.161 e. The standard InChI is InChI=1S/C24H23F3O2/c1-14-3-9-21(24(27)23(14)26)17-6-4-16(5-7-17)18-8-10-20(22(25)11-18)19-12-28-15(2)29-13-19/h3-11,15,19,23-24H,12-13H2,1-2H3. The van der Waals surface area contributed by atoms with Crippen molar-refractivity contribution in [3.8, 4) is 11.1 Å². The lowest BCUT2D eigenvalue weighted by Gasteiger charge is -2.27. The highest BCUT2D eigenvalue weighted by Gasteiger charge is 2.29. The quantitative estimate of drug-likeness (QED) is 0.630. The summed E-state index contributed by atoms with van der Waals surface area (Å²) in [6.07, 6.45) is -0.327. The number of ether oxygens (including phenoxy) is 2. The second-order valence-electron chi connectivity index (χ2n) is 7.58. The molecule has 2 unspecified atom stereocenters. The van der Waals surface area contributed by atoms with Crippen molar-refractivity contribution in [2.75, 3.05) is 13.2 Å². The van der Waals surface area contributed by atoms with Crippen LogP contribution in [0.5, 0.6) is 0 Å². The van der Waals surface area contributed by atoms with E-state index in [1.165, 1.54) is 6.07 Å². The van der Waals surface area contributed by atoms with Crippen LogP contribution in [0, 0.1) is 5.82 Å². The third-order valence-corrected chi connectivity index (χ3v) is 5.57. The second-order valence-corrected chi connectivity index (χ2v) is 7.58. The molecule has 1 fully saturated rings. The second kappa shape index (κ2) is 8.17. The van der Waals surface area contributed by atoms with Gasteiger partial charge in [0.25, 0.3) is 0 Å². The molecule has 4 rings (SSSR count). The van der Waals surface area contributed by atoms with Crippen molar-refractivity contribution in [1.29, 1.82) is 0 Å². The van der Waals surface area contributed by atoms with Gasteiger partial charge in [-0.2, -0.15) is 0 Å². The Morgan fingerprint density at radius 1 is 0.828 bits per heavy atom. The highest BCUT2D eigenvalue weighted by molar-refractivity contribution is 5.75. The van der Waals surface area contributed by atoms with Gasteiger partial charge in [0.1, 0.15) is 5.82 Å². The predicted molar refractivity (Wildman–Crippen MR) is 107 cm³/mol. The van der Waals surface area contributed by atoms with Crippen molar-refractivity contribution < 1.29 is 22.6 Å². The van der Waals surface area contributed by atoms with Crippen LogP contribution >= 0.6 is 0 Å². The zero-order valence-electron chi connectivity index (χ0n) is 16.4. The molecule has 152 valence electrons. The van der Waals surface area contributed by atoms with Crippen LogP contribution in [0.25, 0.3) is 16.7 Å². The molecule has 1 saturated heterocycles. The maximum atomic E-state index is 14.7. The molecule has 2 atom stereocenters. The molecule has 2 aromatic rings. The predicted octanol–water partition coefficient (Wildman–Crippen LogP) is 5.99. The van der Waals surface area contributed by atoms with Crippen LogP contribution in [0.4, 0.5) is 13.2 Å². The maximum absolute atomic E-state index is 14.7. The summed E-state index contributed by atoms with van der Waals surface area (Å²) < 4.78 is 53.9. The summed E-state index contributed by atoms with van der Waals surface area (Å²) in [5.74, 6) is -0.439. The van der Waals surface area contributed by atoms with Gasteiger partial charge < -0.3 is 9.47 Å². The number of benzene rings is 2. The fourth-order valence-corrected chi connectivity index (χ4v) is 3.72. The highest BCUT2D eigenvalue weighted by atomic mass is 19.2. The van der Waals surface area contributed by atoms with Crippen molar-refractivity contribution in [2.24, 2.45) is 0 Å². The van der Waals surface area contributed by atoms with Crippen molar-refractivity contribution in [1.82, 2.24) is 0 Å². The first-order valence-corrected chi connectivity index (χ1v) is 9.74. The van der Waals surface area contributed by atoms with E-state index in [1.54, 1.807) is 49.4 Å². The molecule has 1 aliphatic carbocycles. The number of hydrogen-bond acceptors (Lipinski definition) is 2. The molecule has 1 heterocycles. The van der Waals surface area contributed by atoms with Gasteiger partial charge >= 0.3 is 0 Å². The number of rotatable bonds is 3. The van der Waals surface area contributed by atoms with Gasteiger partial charge in [-0.3, -0.25) is 0 Å². The van der Waals surface area contributed by atoms with Gasteiger partial charge in [-0.05, 0) is 53.3 Å². The van der Waals surface area contributed by atoms with Gasteiger partial charge in [0, 0.05) is 5.92 Å². The van der Waals surface area contributed by atoms with Gasteiger partial charge in [-0.1, -0.05) is 48.6 Å². The number of hydrogen-bond donors (Lipinski definition) is 0. The highest BCUT2D eigenvalue weighted by Crippen LogP contribution is 2.33. The van der Waals surface area contributed by atoms with Crippen LogP contribution in [0.15, 0.2) is 60.2 Å². The van der Waals surface area contributed by atoms with E-state index in [0.717, 1.165) is 11.1 Å². The lowest BCUT2D eigenvalue weighted by Crippen LogP contribution is -2.29. The summed E-state index contributed by atoms with van der Waals surface area (Å²) in [5, 5.41) is 0. The van der Waals surface area contributed by atoms with E-state index in [9.17, 15) is 13.2 Å². The lowest BCUT2D eigenvalue weighted by molar-refractivity contribution is -0.176. The van der Waals surface area contributed by atoms with Crippen molar-refractivity contribution in [3.63, 3.8) is 0 Å². The third-order valence-electron chi connectivity index (χ3n) is 5.57. The van der Waals surface area contributed by atoms with Crippen LogP contribution < -0.4 is 0 Å². The van der Waals surface area contributed by atoms with Gasteiger partial charge in [-0.15, -0.1) is 0 Å². The lowest BCUT2D eigenvalue weighted by atomic mass is 9.90. The molecule has 2 nitrogen and oxygen atoms in total. The van der Waals surface area contributed by atoms with Gasteiger partial charge in [0.05, 0.1) is 13.2 Å². The average Bonchev–Trinajstić information content (AvgIpc) is 2.73. The van der Waals surface area contributed by atoms with E-state index < -0.39 is 12.3 Å². The molecular weight excluding hydrogens is 377 g/mol. The smallest absolute Gasteiger partial charge is 0.161 e. The molecule has 5 heteroatoms. The molecule has 0 aromatic heterocycles. The largest absolute Gasteiger partial charge is 0.352 e. The Labute approximate surface area is 168 Å². The van der Waals surface area contributed by atoms with Crippen LogP contribution in [-0.2, 0) is 9.47 Å². The van der Waals surface area contributed by atoms with Gasteiger partial charge in [-0.25, -0.2) is 13.2 Å². The molecule has 29 heavy (non-hydrogen) atoms. The Morgan fingerprint density at radius 2 is 1.45 bits per heavy atom. The molecule has 0 radical (unpaired) electrons. The summed E-state index contributed by atoms with van der Waals surface area (Å²) in [7, 11) is 0. The normalized spacial score (nSPS) is 27.3. The van der Waals surface area contributed by atoms with Crippen LogP contribution in [-0.4, -0.2) is 31.8 Å². The minimum absolute atomic E-state index is 0.132. The molecule has 1 aliphatic heterocycles. The monoisotopic (exact) mass is 400 g/mol. The first-order valence-electron chi connectivity index (χ1n) is 9.74. The molecule has 0 spiro atoms. The topological polar surface area (TPSA) is 18.5 Å². The molecule has 0 bridgehead atoms. The first-order chi connectivity index (χ1) is 13.9. The third kappa shape index (κ3) is 4.02. The van der Waals surface area contributed by atoms with Crippen molar-refractivity contribution in [2.45, 2.75) is 38.4 Å². The Kier molecular flexibility index (Phi) is 5.61. The fraction of sp³-hybridized carbons (Fsp3) is 0.333. The molecule has 0 N–H and O–H groups in total. The zero-order chi connectivity index (χ0) is 20.5. The Balaban J connectivity index is 1.54. The fourth-order valence-electron chi connectivity index (χ4n) is 3.72. The number of halogens is 3. The minimum atomic E-state index is -1.68. The molecule has 2 aliphatic rings. The van der Waals surface area contributed by atoms with E-state index in [0.29, 0.717) is 35.5 Å². The van der Waals surface area contributed by atoms with Crippen LogP contribution in [0.1, 0.15) is 30.9 Å². The van der Waals surface area contributed by atoms with Crippen LogP contribution in [0.3, 0.4) is 0 Å². The van der Waals surface area contributed by atoms with E-state index in [2.05, 4.69) is 0 Å². The van der Waals surface area contributed by atoms with E-state index in [-0.39, 0.29) is 18.0 Å². The van der Waals surface area contributed by atoms with Gasteiger partial charge in [0.15, 0.2) is 18.6 Å². The molecule has 0 saturated carbocycles.